The van der Waals surface area contributed by atoms with Gasteiger partial charge < -0.3 is 9.64 Å². The van der Waals surface area contributed by atoms with Gasteiger partial charge in [0.25, 0.3) is 0 Å². The molecule has 0 heterocycles. The van der Waals surface area contributed by atoms with Crippen LogP contribution >= 0.6 is 11.6 Å². The van der Waals surface area contributed by atoms with Gasteiger partial charge in [-0.1, -0.05) is 61.2 Å². The zero-order chi connectivity index (χ0) is 19.9. The van der Waals surface area contributed by atoms with Crippen molar-refractivity contribution >= 4 is 29.3 Å². The Hall–Kier alpha value is -2.33. The molecule has 2 aromatic carbocycles. The van der Waals surface area contributed by atoms with Crippen LogP contribution in [0.5, 0.6) is 5.75 Å². The largest absolute Gasteiger partial charge is 0.496 e. The van der Waals surface area contributed by atoms with E-state index in [9.17, 15) is 9.18 Å². The van der Waals surface area contributed by atoms with Gasteiger partial charge in [0.15, 0.2) is 0 Å². The minimum atomic E-state index is -0.486. The van der Waals surface area contributed by atoms with Crippen LogP contribution in [0.3, 0.4) is 0 Å². The molecule has 28 heavy (non-hydrogen) atoms. The van der Waals surface area contributed by atoms with Crippen molar-refractivity contribution in [2.75, 3.05) is 18.6 Å². The van der Waals surface area contributed by atoms with Gasteiger partial charge in [-0.3, -0.25) is 4.79 Å². The molecule has 0 aliphatic heterocycles. The number of carbonyl (C=O) groups is 1. The van der Waals surface area contributed by atoms with E-state index in [1.54, 1.807) is 18.1 Å². The number of rotatable bonds is 6. The molecule has 3 nitrogen and oxygen atoms in total. The second-order valence-corrected chi connectivity index (χ2v) is 7.43. The number of hydrogen-bond donors (Lipinski definition) is 0. The molecule has 0 saturated heterocycles. The monoisotopic (exact) mass is 401 g/mol. The van der Waals surface area contributed by atoms with E-state index in [4.69, 9.17) is 16.3 Å². The van der Waals surface area contributed by atoms with Crippen LogP contribution < -0.4 is 9.64 Å². The summed E-state index contributed by atoms with van der Waals surface area (Å²) in [6.07, 6.45) is 9.00. The topological polar surface area (TPSA) is 29.5 Å². The maximum atomic E-state index is 13.6. The van der Waals surface area contributed by atoms with Gasteiger partial charge in [0, 0.05) is 23.7 Å². The zero-order valence-corrected chi connectivity index (χ0v) is 16.8. The van der Waals surface area contributed by atoms with E-state index in [2.05, 4.69) is 0 Å². The number of para-hydroxylation sites is 1. The molecule has 0 bridgehead atoms. The lowest BCUT2D eigenvalue weighted by Gasteiger charge is -2.29. The molecule has 1 fully saturated rings. The van der Waals surface area contributed by atoms with Gasteiger partial charge in [0.1, 0.15) is 11.6 Å². The number of amides is 1. The van der Waals surface area contributed by atoms with Gasteiger partial charge in [-0.05, 0) is 37.1 Å². The number of hydrogen-bond acceptors (Lipinski definition) is 2. The van der Waals surface area contributed by atoms with Gasteiger partial charge in [0.2, 0.25) is 5.91 Å². The van der Waals surface area contributed by atoms with Crippen LogP contribution in [0.25, 0.3) is 6.08 Å². The summed E-state index contributed by atoms with van der Waals surface area (Å²) in [7, 11) is 1.63. The van der Waals surface area contributed by atoms with Crippen molar-refractivity contribution < 1.29 is 13.9 Å². The van der Waals surface area contributed by atoms with Crippen molar-refractivity contribution in [2.45, 2.75) is 32.1 Å². The first-order chi connectivity index (χ1) is 13.6. The predicted molar refractivity (Wildman–Crippen MR) is 112 cm³/mol. The summed E-state index contributed by atoms with van der Waals surface area (Å²) in [5.74, 6) is 0.373. The molecule has 2 aromatic rings. The average molecular weight is 402 g/mol. The van der Waals surface area contributed by atoms with E-state index in [0.717, 1.165) is 37.0 Å². The fourth-order valence-corrected chi connectivity index (χ4v) is 3.81. The summed E-state index contributed by atoms with van der Waals surface area (Å²) in [6.45, 7) is 0.384. The van der Waals surface area contributed by atoms with Crippen LogP contribution in [-0.4, -0.2) is 19.6 Å². The minimum absolute atomic E-state index is 0.0113. The molecular weight excluding hydrogens is 377 g/mol. The Kier molecular flexibility index (Phi) is 7.10. The Balaban J connectivity index is 1.84. The van der Waals surface area contributed by atoms with E-state index < -0.39 is 5.82 Å². The third-order valence-electron chi connectivity index (χ3n) is 5.16. The van der Waals surface area contributed by atoms with Crippen LogP contribution in [0.15, 0.2) is 48.5 Å². The number of ether oxygens (including phenoxy) is 1. The van der Waals surface area contributed by atoms with Crippen LogP contribution in [0.4, 0.5) is 10.1 Å². The third-order valence-corrected chi connectivity index (χ3v) is 5.45. The summed E-state index contributed by atoms with van der Waals surface area (Å²) in [6, 6.07) is 12.1. The Morgan fingerprint density at radius 1 is 1.21 bits per heavy atom. The SMILES string of the molecule is COc1ccccc1/C=C/CN(C(=O)C1CCCCC1)c1ccc(F)c(Cl)c1. The van der Waals surface area contributed by atoms with E-state index in [1.807, 2.05) is 36.4 Å². The van der Waals surface area contributed by atoms with E-state index in [0.29, 0.717) is 12.2 Å². The average Bonchev–Trinajstić information content (AvgIpc) is 2.74. The van der Waals surface area contributed by atoms with E-state index >= 15 is 0 Å². The molecule has 1 aliphatic carbocycles. The summed E-state index contributed by atoms with van der Waals surface area (Å²) in [5.41, 5.74) is 1.55. The lowest BCUT2D eigenvalue weighted by atomic mass is 9.88. The number of carbonyl (C=O) groups excluding carboxylic acids is 1. The number of methoxy groups -OCH3 is 1. The van der Waals surface area contributed by atoms with Crippen molar-refractivity contribution in [3.63, 3.8) is 0 Å². The number of halogens is 2. The number of nitrogens with zero attached hydrogens (tertiary/aromatic N) is 1. The highest BCUT2D eigenvalue weighted by Crippen LogP contribution is 2.29. The molecule has 0 N–H and O–H groups in total. The quantitative estimate of drug-likeness (QED) is 0.584. The number of benzene rings is 2. The molecule has 1 amide bonds. The first-order valence-electron chi connectivity index (χ1n) is 9.66. The molecule has 0 atom stereocenters. The smallest absolute Gasteiger partial charge is 0.230 e. The van der Waals surface area contributed by atoms with Crippen molar-refractivity contribution in [1.82, 2.24) is 0 Å². The van der Waals surface area contributed by atoms with Gasteiger partial charge in [0.05, 0.1) is 12.1 Å². The highest BCUT2D eigenvalue weighted by Gasteiger charge is 2.26. The predicted octanol–water partition coefficient (Wildman–Crippen LogP) is 6.11. The number of anilines is 1. The van der Waals surface area contributed by atoms with Gasteiger partial charge >= 0.3 is 0 Å². The van der Waals surface area contributed by atoms with Gasteiger partial charge in [-0.25, -0.2) is 4.39 Å². The van der Waals surface area contributed by atoms with Gasteiger partial charge in [-0.15, -0.1) is 0 Å². The molecule has 0 unspecified atom stereocenters. The molecule has 1 saturated carbocycles. The summed E-state index contributed by atoms with van der Waals surface area (Å²) in [5, 5.41) is 0.0210. The lowest BCUT2D eigenvalue weighted by Crippen LogP contribution is -2.37. The fraction of sp³-hybridized carbons (Fsp3) is 0.348. The maximum absolute atomic E-state index is 13.6. The van der Waals surface area contributed by atoms with Crippen molar-refractivity contribution in [3.8, 4) is 5.75 Å². The van der Waals surface area contributed by atoms with Crippen molar-refractivity contribution in [2.24, 2.45) is 5.92 Å². The Morgan fingerprint density at radius 2 is 1.96 bits per heavy atom. The highest BCUT2D eigenvalue weighted by molar-refractivity contribution is 6.31. The van der Waals surface area contributed by atoms with Crippen LogP contribution in [-0.2, 0) is 4.79 Å². The van der Waals surface area contributed by atoms with Crippen molar-refractivity contribution in [1.29, 1.82) is 0 Å². The first kappa shape index (κ1) is 20.4. The molecule has 5 heteroatoms. The summed E-state index contributed by atoms with van der Waals surface area (Å²) in [4.78, 5) is 14.9. The minimum Gasteiger partial charge on any atom is -0.496 e. The molecule has 148 valence electrons. The van der Waals surface area contributed by atoms with Gasteiger partial charge in [-0.2, -0.15) is 0 Å². The molecule has 0 radical (unpaired) electrons. The van der Waals surface area contributed by atoms with Crippen LogP contribution in [0.2, 0.25) is 5.02 Å². The molecular formula is C23H25ClFNO2. The highest BCUT2D eigenvalue weighted by atomic mass is 35.5. The maximum Gasteiger partial charge on any atom is 0.230 e. The van der Waals surface area contributed by atoms with Crippen LogP contribution in [0, 0.1) is 11.7 Å². The van der Waals surface area contributed by atoms with E-state index in [1.165, 1.54) is 18.6 Å². The summed E-state index contributed by atoms with van der Waals surface area (Å²) < 4.78 is 19.0. The first-order valence-corrected chi connectivity index (χ1v) is 10.0. The molecule has 0 spiro atoms. The normalized spacial score (nSPS) is 15.0. The zero-order valence-electron chi connectivity index (χ0n) is 16.0. The second kappa shape index (κ2) is 9.74. The summed E-state index contributed by atoms with van der Waals surface area (Å²) >= 11 is 5.97. The Bertz CT molecular complexity index is 846. The Labute approximate surface area is 170 Å². The van der Waals surface area contributed by atoms with Crippen LogP contribution in [0.1, 0.15) is 37.7 Å². The standard InChI is InChI=1S/C23H25ClFNO2/c1-28-22-12-6-5-8-17(22)11-7-15-26(19-13-14-21(25)20(24)16-19)23(27)18-9-3-2-4-10-18/h5-8,11-14,16,18H,2-4,9-10,15H2,1H3/b11-7+. The lowest BCUT2D eigenvalue weighted by molar-refractivity contribution is -0.123. The molecule has 1 aliphatic rings. The fourth-order valence-electron chi connectivity index (χ4n) is 3.63. The van der Waals surface area contributed by atoms with Crippen molar-refractivity contribution in [3.05, 3.63) is 64.9 Å². The molecule has 0 aromatic heterocycles. The third kappa shape index (κ3) is 4.93. The second-order valence-electron chi connectivity index (χ2n) is 7.03. The van der Waals surface area contributed by atoms with E-state index in [-0.39, 0.29) is 16.8 Å². The Morgan fingerprint density at radius 3 is 2.68 bits per heavy atom. The molecule has 3 rings (SSSR count).